The van der Waals surface area contributed by atoms with Gasteiger partial charge < -0.3 is 15.5 Å². The second-order valence-corrected chi connectivity index (χ2v) is 13.3. The number of aliphatic hydroxyl groups is 2. The summed E-state index contributed by atoms with van der Waals surface area (Å²) in [5.74, 6) is -0.0569. The summed E-state index contributed by atoms with van der Waals surface area (Å²) in [6.07, 6.45) is 57.9. The van der Waals surface area contributed by atoms with Gasteiger partial charge in [-0.15, -0.1) is 0 Å². The van der Waals surface area contributed by atoms with Crippen LogP contribution in [-0.4, -0.2) is 34.9 Å². The summed E-state index contributed by atoms with van der Waals surface area (Å²) in [6.45, 7) is 4.20. The molecule has 280 valence electrons. The monoisotopic (exact) mass is 680 g/mol. The standard InChI is InChI=1S/C45H77NO3/c1-3-5-7-9-11-13-15-16-17-18-19-20-21-22-23-24-25-26-27-28-29-30-31-33-35-37-39-41-45(49)46-43(42-47)44(48)40-38-36-34-32-14-12-10-8-6-4-2/h5,7,11,13,16-17,19-20,22-23,25-26,28-29,43-44,47-48H,3-4,6,8-10,12,14-15,18,21,24,27,30-42H2,1-2H3,(H,46,49)/b7-5-,13-11-,17-16-,20-19-,23-22-,26-25-,29-28-. The molecule has 3 N–H and O–H groups in total. The van der Waals surface area contributed by atoms with Gasteiger partial charge >= 0.3 is 0 Å². The molecule has 0 aliphatic heterocycles. The fourth-order valence-corrected chi connectivity index (χ4v) is 5.57. The van der Waals surface area contributed by atoms with Crippen molar-refractivity contribution in [3.8, 4) is 0 Å². The molecule has 0 saturated carbocycles. The van der Waals surface area contributed by atoms with Crippen LogP contribution in [0, 0.1) is 0 Å². The third-order valence-corrected chi connectivity index (χ3v) is 8.67. The van der Waals surface area contributed by atoms with E-state index in [0.717, 1.165) is 83.5 Å². The van der Waals surface area contributed by atoms with E-state index >= 15 is 0 Å². The van der Waals surface area contributed by atoms with Gasteiger partial charge in [-0.3, -0.25) is 4.79 Å². The van der Waals surface area contributed by atoms with Crippen molar-refractivity contribution < 1.29 is 15.0 Å². The predicted molar refractivity (Wildman–Crippen MR) is 216 cm³/mol. The number of unbranched alkanes of at least 4 members (excludes halogenated alkanes) is 14. The second-order valence-electron chi connectivity index (χ2n) is 13.3. The minimum atomic E-state index is -0.671. The first kappa shape index (κ1) is 46.6. The number of amides is 1. The molecule has 0 aliphatic rings. The minimum Gasteiger partial charge on any atom is -0.394 e. The molecule has 0 spiro atoms. The Bertz CT molecular complexity index is 910. The third-order valence-electron chi connectivity index (χ3n) is 8.67. The van der Waals surface area contributed by atoms with E-state index in [2.05, 4.69) is 104 Å². The summed E-state index contributed by atoms with van der Waals surface area (Å²) in [7, 11) is 0. The third kappa shape index (κ3) is 36.7. The number of nitrogens with one attached hydrogen (secondary N) is 1. The molecule has 0 rings (SSSR count). The lowest BCUT2D eigenvalue weighted by atomic mass is 10.0. The molecule has 1 amide bonds. The highest BCUT2D eigenvalue weighted by molar-refractivity contribution is 5.76. The zero-order valence-corrected chi connectivity index (χ0v) is 31.9. The van der Waals surface area contributed by atoms with Crippen LogP contribution in [0.4, 0.5) is 0 Å². The Labute approximate surface area is 303 Å². The Morgan fingerprint density at radius 3 is 1.35 bits per heavy atom. The first-order valence-corrected chi connectivity index (χ1v) is 20.3. The van der Waals surface area contributed by atoms with Crippen molar-refractivity contribution >= 4 is 5.91 Å². The summed E-state index contributed by atoms with van der Waals surface area (Å²) in [4.78, 5) is 12.3. The van der Waals surface area contributed by atoms with Crippen LogP contribution in [0.5, 0.6) is 0 Å². The lowest BCUT2D eigenvalue weighted by Gasteiger charge is -2.22. The molecular formula is C45H77NO3. The SMILES string of the molecule is CC/C=C\C/C=C\C/C=C\C/C=C\C/C=C\C/C=C\C/C=C\CCCCCCCC(=O)NC(CO)C(O)CCCCCCCCCCCC. The molecule has 0 saturated heterocycles. The summed E-state index contributed by atoms with van der Waals surface area (Å²) < 4.78 is 0. The lowest BCUT2D eigenvalue weighted by Crippen LogP contribution is -2.45. The average molecular weight is 680 g/mol. The smallest absolute Gasteiger partial charge is 0.220 e. The maximum Gasteiger partial charge on any atom is 0.220 e. The Morgan fingerprint density at radius 2 is 0.898 bits per heavy atom. The van der Waals surface area contributed by atoms with Crippen LogP contribution in [0.2, 0.25) is 0 Å². The van der Waals surface area contributed by atoms with Crippen LogP contribution in [0.15, 0.2) is 85.1 Å². The topological polar surface area (TPSA) is 69.6 Å². The zero-order valence-electron chi connectivity index (χ0n) is 31.9. The number of allylic oxidation sites excluding steroid dienone is 14. The fraction of sp³-hybridized carbons (Fsp3) is 0.667. The summed E-state index contributed by atoms with van der Waals surface area (Å²) in [5, 5.41) is 23.0. The molecule has 0 heterocycles. The van der Waals surface area contributed by atoms with Crippen molar-refractivity contribution in [3.63, 3.8) is 0 Å². The molecule has 0 aromatic carbocycles. The number of rotatable bonds is 35. The van der Waals surface area contributed by atoms with E-state index in [-0.39, 0.29) is 12.5 Å². The van der Waals surface area contributed by atoms with Crippen LogP contribution in [-0.2, 0) is 4.79 Å². The molecule has 0 aliphatic carbocycles. The van der Waals surface area contributed by atoms with Gasteiger partial charge in [0.25, 0.3) is 0 Å². The van der Waals surface area contributed by atoms with Crippen LogP contribution >= 0.6 is 0 Å². The Kier molecular flexibility index (Phi) is 38.0. The molecule has 2 unspecified atom stereocenters. The van der Waals surface area contributed by atoms with Gasteiger partial charge in [0.15, 0.2) is 0 Å². The molecule has 0 aromatic heterocycles. The first-order chi connectivity index (χ1) is 24.2. The highest BCUT2D eigenvalue weighted by Gasteiger charge is 2.19. The Hall–Kier alpha value is -2.43. The van der Waals surface area contributed by atoms with Crippen molar-refractivity contribution in [2.75, 3.05) is 6.61 Å². The quantitative estimate of drug-likeness (QED) is 0.0461. The van der Waals surface area contributed by atoms with Gasteiger partial charge in [0.05, 0.1) is 18.8 Å². The van der Waals surface area contributed by atoms with E-state index < -0.39 is 12.1 Å². The van der Waals surface area contributed by atoms with Gasteiger partial charge in [0, 0.05) is 6.42 Å². The van der Waals surface area contributed by atoms with Gasteiger partial charge in [-0.05, 0) is 70.6 Å². The highest BCUT2D eigenvalue weighted by Crippen LogP contribution is 2.14. The molecular weight excluding hydrogens is 602 g/mol. The summed E-state index contributed by atoms with van der Waals surface area (Å²) >= 11 is 0. The van der Waals surface area contributed by atoms with Crippen LogP contribution in [0.3, 0.4) is 0 Å². The van der Waals surface area contributed by atoms with E-state index in [1.165, 1.54) is 64.2 Å². The molecule has 4 heteroatoms. The maximum atomic E-state index is 12.3. The Morgan fingerprint density at radius 1 is 0.510 bits per heavy atom. The molecule has 4 nitrogen and oxygen atoms in total. The molecule has 2 atom stereocenters. The Balaban J connectivity index is 3.66. The van der Waals surface area contributed by atoms with Crippen molar-refractivity contribution in [3.05, 3.63) is 85.1 Å². The van der Waals surface area contributed by atoms with Gasteiger partial charge in [-0.2, -0.15) is 0 Å². The lowest BCUT2D eigenvalue weighted by molar-refractivity contribution is -0.123. The van der Waals surface area contributed by atoms with E-state index in [0.29, 0.717) is 12.8 Å². The van der Waals surface area contributed by atoms with Gasteiger partial charge in [-0.1, -0.05) is 182 Å². The van der Waals surface area contributed by atoms with Crippen LogP contribution in [0.25, 0.3) is 0 Å². The number of hydrogen-bond acceptors (Lipinski definition) is 3. The minimum absolute atomic E-state index is 0.0569. The van der Waals surface area contributed by atoms with Gasteiger partial charge in [0.2, 0.25) is 5.91 Å². The fourth-order valence-electron chi connectivity index (χ4n) is 5.57. The molecule has 0 radical (unpaired) electrons. The van der Waals surface area contributed by atoms with E-state index in [4.69, 9.17) is 0 Å². The highest BCUT2D eigenvalue weighted by atomic mass is 16.3. The number of carbonyl (C=O) groups excluding carboxylic acids is 1. The van der Waals surface area contributed by atoms with Crippen LogP contribution in [0.1, 0.15) is 174 Å². The number of hydrogen-bond donors (Lipinski definition) is 3. The number of aliphatic hydroxyl groups excluding tert-OH is 2. The van der Waals surface area contributed by atoms with E-state index in [9.17, 15) is 15.0 Å². The maximum absolute atomic E-state index is 12.3. The largest absolute Gasteiger partial charge is 0.394 e. The number of carbonyl (C=O) groups is 1. The van der Waals surface area contributed by atoms with Gasteiger partial charge in [0.1, 0.15) is 0 Å². The molecule has 0 aromatic rings. The molecule has 49 heavy (non-hydrogen) atoms. The summed E-state index contributed by atoms with van der Waals surface area (Å²) in [6, 6.07) is -0.550. The van der Waals surface area contributed by atoms with Crippen molar-refractivity contribution in [2.24, 2.45) is 0 Å². The van der Waals surface area contributed by atoms with E-state index in [1.54, 1.807) is 0 Å². The normalized spacial score (nSPS) is 14.0. The van der Waals surface area contributed by atoms with Crippen molar-refractivity contribution in [1.82, 2.24) is 5.32 Å². The van der Waals surface area contributed by atoms with Crippen LogP contribution < -0.4 is 5.32 Å². The molecule has 0 fully saturated rings. The zero-order chi connectivity index (χ0) is 35.7. The van der Waals surface area contributed by atoms with Gasteiger partial charge in [-0.25, -0.2) is 0 Å². The predicted octanol–water partition coefficient (Wildman–Crippen LogP) is 12.5. The second kappa shape index (κ2) is 40.0. The first-order valence-electron chi connectivity index (χ1n) is 20.3. The summed E-state index contributed by atoms with van der Waals surface area (Å²) in [5.41, 5.74) is 0. The van der Waals surface area contributed by atoms with Crippen molar-refractivity contribution in [2.45, 2.75) is 187 Å². The van der Waals surface area contributed by atoms with Crippen molar-refractivity contribution in [1.29, 1.82) is 0 Å². The average Bonchev–Trinajstić information content (AvgIpc) is 3.10. The van der Waals surface area contributed by atoms with E-state index in [1.807, 2.05) is 0 Å². The molecule has 0 bridgehead atoms.